The number of rotatable bonds is 3. The molecule has 0 aromatic rings. The van der Waals surface area contributed by atoms with E-state index in [1.165, 1.54) is 19.3 Å². The lowest BCUT2D eigenvalue weighted by atomic mass is 9.70. The van der Waals surface area contributed by atoms with Crippen LogP contribution in [-0.4, -0.2) is 10.6 Å². The summed E-state index contributed by atoms with van der Waals surface area (Å²) in [5, 5.41) is 0. The highest BCUT2D eigenvalue weighted by Crippen LogP contribution is 2.49. The van der Waals surface area contributed by atoms with Gasteiger partial charge in [-0.15, -0.1) is 0 Å². The standard InChI is InChI=1S/C10H21O2P/c1-3-10(9(2)13(11)12)7-5-4-6-8-10/h9,13H,3-8H2,1-2H3,(H,11,12). The molecule has 0 aromatic carbocycles. The first-order valence-electron chi connectivity index (χ1n) is 5.35. The Labute approximate surface area is 81.6 Å². The third-order valence-electron chi connectivity index (χ3n) is 3.84. The van der Waals surface area contributed by atoms with E-state index in [2.05, 4.69) is 6.92 Å². The zero-order valence-corrected chi connectivity index (χ0v) is 9.68. The largest absolute Gasteiger partial charge is 0.346 e. The molecule has 1 N–H and O–H groups in total. The van der Waals surface area contributed by atoms with Crippen LogP contribution in [0.2, 0.25) is 0 Å². The highest BCUT2D eigenvalue weighted by atomic mass is 31.1. The molecule has 0 saturated heterocycles. The highest BCUT2D eigenvalue weighted by molar-refractivity contribution is 7.38. The lowest BCUT2D eigenvalue weighted by Crippen LogP contribution is -2.32. The normalized spacial score (nSPS) is 26.7. The van der Waals surface area contributed by atoms with E-state index in [1.54, 1.807) is 0 Å². The fourth-order valence-electron chi connectivity index (χ4n) is 2.61. The predicted octanol–water partition coefficient (Wildman–Crippen LogP) is 3.20. The second-order valence-corrected chi connectivity index (χ2v) is 5.88. The van der Waals surface area contributed by atoms with Gasteiger partial charge < -0.3 is 4.89 Å². The second-order valence-electron chi connectivity index (χ2n) is 4.34. The van der Waals surface area contributed by atoms with Gasteiger partial charge in [-0.05, 0) is 24.7 Å². The molecule has 0 aromatic heterocycles. The quantitative estimate of drug-likeness (QED) is 0.717. The summed E-state index contributed by atoms with van der Waals surface area (Å²) in [5.41, 5.74) is 0.200. The van der Waals surface area contributed by atoms with E-state index >= 15 is 0 Å². The maximum absolute atomic E-state index is 11.1. The summed E-state index contributed by atoms with van der Waals surface area (Å²) < 4.78 is 11.1. The molecule has 1 rings (SSSR count). The zero-order chi connectivity index (χ0) is 9.90. The minimum atomic E-state index is -2.33. The van der Waals surface area contributed by atoms with Crippen molar-refractivity contribution < 1.29 is 9.46 Å². The van der Waals surface area contributed by atoms with Crippen LogP contribution in [0.5, 0.6) is 0 Å². The molecule has 3 heteroatoms. The zero-order valence-electron chi connectivity index (χ0n) is 8.68. The molecule has 2 unspecified atom stereocenters. The van der Waals surface area contributed by atoms with Crippen molar-refractivity contribution in [2.75, 3.05) is 0 Å². The summed E-state index contributed by atoms with van der Waals surface area (Å²) in [7, 11) is -2.33. The first kappa shape index (κ1) is 11.3. The van der Waals surface area contributed by atoms with Gasteiger partial charge >= 0.3 is 0 Å². The van der Waals surface area contributed by atoms with E-state index in [4.69, 9.17) is 0 Å². The molecule has 0 aliphatic heterocycles. The summed E-state index contributed by atoms with van der Waals surface area (Å²) in [6, 6.07) is 0. The van der Waals surface area contributed by atoms with Gasteiger partial charge in [0.25, 0.3) is 0 Å². The minimum Gasteiger partial charge on any atom is -0.346 e. The molecule has 0 bridgehead atoms. The van der Waals surface area contributed by atoms with Crippen LogP contribution >= 0.6 is 8.03 Å². The third kappa shape index (κ3) is 2.35. The van der Waals surface area contributed by atoms with Gasteiger partial charge in [0.05, 0.1) is 0 Å². The van der Waals surface area contributed by atoms with Crippen LogP contribution in [0.3, 0.4) is 0 Å². The average molecular weight is 204 g/mol. The van der Waals surface area contributed by atoms with Crippen LogP contribution in [-0.2, 0) is 4.57 Å². The molecule has 2 atom stereocenters. The Bertz CT molecular complexity index is 185. The molecule has 78 valence electrons. The Morgan fingerprint density at radius 2 is 1.92 bits per heavy atom. The van der Waals surface area contributed by atoms with Crippen molar-refractivity contribution in [3.05, 3.63) is 0 Å². The molecule has 0 heterocycles. The van der Waals surface area contributed by atoms with Gasteiger partial charge in [0.15, 0.2) is 8.03 Å². The second kappa shape index (κ2) is 4.61. The van der Waals surface area contributed by atoms with Gasteiger partial charge in [-0.2, -0.15) is 0 Å². The topological polar surface area (TPSA) is 37.3 Å². The van der Waals surface area contributed by atoms with Crippen molar-refractivity contribution in [2.45, 2.75) is 58.0 Å². The Hall–Kier alpha value is 0.190. The highest BCUT2D eigenvalue weighted by Gasteiger charge is 2.37. The smallest absolute Gasteiger partial charge is 0.192 e. The minimum absolute atomic E-state index is 0.0165. The van der Waals surface area contributed by atoms with E-state index in [1.807, 2.05) is 6.92 Å². The van der Waals surface area contributed by atoms with Crippen molar-refractivity contribution in [1.29, 1.82) is 0 Å². The Kier molecular flexibility index (Phi) is 4.00. The Morgan fingerprint density at radius 1 is 1.38 bits per heavy atom. The summed E-state index contributed by atoms with van der Waals surface area (Å²) in [5.74, 6) is 0. The lowest BCUT2D eigenvalue weighted by Gasteiger charge is -2.40. The molecule has 1 aliphatic carbocycles. The van der Waals surface area contributed by atoms with Crippen molar-refractivity contribution in [2.24, 2.45) is 5.41 Å². The first-order chi connectivity index (χ1) is 6.12. The molecule has 0 amide bonds. The fourth-order valence-corrected chi connectivity index (χ4v) is 3.63. The molecule has 13 heavy (non-hydrogen) atoms. The van der Waals surface area contributed by atoms with E-state index in [0.29, 0.717) is 0 Å². The Morgan fingerprint density at radius 3 is 2.31 bits per heavy atom. The van der Waals surface area contributed by atoms with Gasteiger partial charge in [0, 0.05) is 5.66 Å². The van der Waals surface area contributed by atoms with Crippen LogP contribution in [0, 0.1) is 5.41 Å². The molecular formula is C10H21O2P. The Balaban J connectivity index is 2.72. The molecule has 0 radical (unpaired) electrons. The molecule has 2 nitrogen and oxygen atoms in total. The summed E-state index contributed by atoms with van der Waals surface area (Å²) in [4.78, 5) is 9.22. The summed E-state index contributed by atoms with van der Waals surface area (Å²) in [6.45, 7) is 4.11. The monoisotopic (exact) mass is 204 g/mol. The van der Waals surface area contributed by atoms with Gasteiger partial charge in [-0.3, -0.25) is 4.57 Å². The van der Waals surface area contributed by atoms with Crippen molar-refractivity contribution in [3.63, 3.8) is 0 Å². The van der Waals surface area contributed by atoms with Crippen LogP contribution in [0.4, 0.5) is 0 Å². The molecule has 1 aliphatic rings. The van der Waals surface area contributed by atoms with Gasteiger partial charge in [-0.25, -0.2) is 0 Å². The summed E-state index contributed by atoms with van der Waals surface area (Å²) in [6.07, 6.45) is 7.16. The average Bonchev–Trinajstić information content (AvgIpc) is 2.17. The van der Waals surface area contributed by atoms with E-state index in [9.17, 15) is 9.46 Å². The first-order valence-corrected chi connectivity index (χ1v) is 6.78. The fraction of sp³-hybridized carbons (Fsp3) is 1.00. The molecule has 0 spiro atoms. The number of hydrogen-bond acceptors (Lipinski definition) is 1. The molecular weight excluding hydrogens is 183 g/mol. The van der Waals surface area contributed by atoms with Crippen LogP contribution < -0.4 is 0 Å². The van der Waals surface area contributed by atoms with E-state index in [0.717, 1.165) is 19.3 Å². The van der Waals surface area contributed by atoms with Gasteiger partial charge in [-0.1, -0.05) is 33.1 Å². The molecule has 1 fully saturated rings. The molecule has 1 saturated carbocycles. The number of hydrogen-bond donors (Lipinski definition) is 1. The van der Waals surface area contributed by atoms with Gasteiger partial charge in [0.1, 0.15) is 0 Å². The van der Waals surface area contributed by atoms with Crippen LogP contribution in [0.1, 0.15) is 52.4 Å². The summed E-state index contributed by atoms with van der Waals surface area (Å²) >= 11 is 0. The van der Waals surface area contributed by atoms with Crippen molar-refractivity contribution >= 4 is 8.03 Å². The predicted molar refractivity (Wildman–Crippen MR) is 56.5 cm³/mol. The van der Waals surface area contributed by atoms with E-state index < -0.39 is 8.03 Å². The van der Waals surface area contributed by atoms with E-state index in [-0.39, 0.29) is 11.1 Å². The third-order valence-corrected chi connectivity index (χ3v) is 5.20. The maximum atomic E-state index is 11.1. The van der Waals surface area contributed by atoms with Crippen LogP contribution in [0.25, 0.3) is 0 Å². The maximum Gasteiger partial charge on any atom is 0.192 e. The van der Waals surface area contributed by atoms with Crippen LogP contribution in [0.15, 0.2) is 0 Å². The lowest BCUT2D eigenvalue weighted by molar-refractivity contribution is 0.172. The van der Waals surface area contributed by atoms with Crippen molar-refractivity contribution in [3.8, 4) is 0 Å². The SMILES string of the molecule is CCC1(C(C)[PH](=O)O)CCCCC1. The van der Waals surface area contributed by atoms with Crippen molar-refractivity contribution in [1.82, 2.24) is 0 Å². The van der Waals surface area contributed by atoms with Gasteiger partial charge in [0.2, 0.25) is 0 Å².